The SMILES string of the molecule is CC.CC.CCCCCCC(/C=C(C)/C=C/c1sccc1CCCCCC)=C(C)C. The summed E-state index contributed by atoms with van der Waals surface area (Å²) in [7, 11) is 0. The van der Waals surface area contributed by atoms with Crippen LogP contribution < -0.4 is 0 Å². The van der Waals surface area contributed by atoms with Gasteiger partial charge in [-0.05, 0) is 75.1 Å². The molecule has 0 aliphatic rings. The first-order valence-corrected chi connectivity index (χ1v) is 13.6. The zero-order valence-electron chi connectivity index (χ0n) is 21.9. The molecular weight excluding hydrogens is 380 g/mol. The molecule has 0 aromatic carbocycles. The van der Waals surface area contributed by atoms with Crippen molar-refractivity contribution in [1.82, 2.24) is 0 Å². The lowest BCUT2D eigenvalue weighted by molar-refractivity contribution is 0.666. The predicted octanol–water partition coefficient (Wildman–Crippen LogP) is 11.2. The van der Waals surface area contributed by atoms with Crippen LogP contribution in [-0.4, -0.2) is 0 Å². The maximum absolute atomic E-state index is 2.40. The third-order valence-electron chi connectivity index (χ3n) is 4.92. The van der Waals surface area contributed by atoms with Gasteiger partial charge in [-0.15, -0.1) is 11.3 Å². The van der Waals surface area contributed by atoms with Crippen LogP contribution in [-0.2, 0) is 6.42 Å². The van der Waals surface area contributed by atoms with Crippen molar-refractivity contribution in [1.29, 1.82) is 0 Å². The van der Waals surface area contributed by atoms with Crippen LogP contribution in [0.15, 0.2) is 40.3 Å². The van der Waals surface area contributed by atoms with Gasteiger partial charge in [0.1, 0.15) is 0 Å². The van der Waals surface area contributed by atoms with Crippen LogP contribution in [0.5, 0.6) is 0 Å². The lowest BCUT2D eigenvalue weighted by atomic mass is 10.00. The second kappa shape index (κ2) is 22.6. The summed E-state index contributed by atoms with van der Waals surface area (Å²) in [5.41, 5.74) is 5.87. The Labute approximate surface area is 194 Å². The van der Waals surface area contributed by atoms with Crippen LogP contribution in [0.3, 0.4) is 0 Å². The van der Waals surface area contributed by atoms with Crippen LogP contribution in [0.25, 0.3) is 6.08 Å². The summed E-state index contributed by atoms with van der Waals surface area (Å²) < 4.78 is 0. The minimum atomic E-state index is 1.22. The third-order valence-corrected chi connectivity index (χ3v) is 5.85. The van der Waals surface area contributed by atoms with E-state index in [9.17, 15) is 0 Å². The molecule has 0 nitrogen and oxygen atoms in total. The topological polar surface area (TPSA) is 0 Å². The Hall–Kier alpha value is -1.08. The number of rotatable bonds is 13. The Morgan fingerprint density at radius 1 is 0.833 bits per heavy atom. The molecule has 0 N–H and O–H groups in total. The zero-order chi connectivity index (χ0) is 23.2. The Morgan fingerprint density at radius 3 is 2.00 bits per heavy atom. The van der Waals surface area contributed by atoms with Gasteiger partial charge in [-0.25, -0.2) is 0 Å². The van der Waals surface area contributed by atoms with Crippen molar-refractivity contribution in [2.75, 3.05) is 0 Å². The Bertz CT molecular complexity index is 579. The third kappa shape index (κ3) is 15.7. The molecule has 0 amide bonds. The van der Waals surface area contributed by atoms with E-state index in [4.69, 9.17) is 0 Å². The number of aryl methyl sites for hydroxylation is 1. The van der Waals surface area contributed by atoms with Gasteiger partial charge >= 0.3 is 0 Å². The molecule has 0 saturated heterocycles. The summed E-state index contributed by atoms with van der Waals surface area (Å²) in [6.45, 7) is 19.3. The van der Waals surface area contributed by atoms with Crippen molar-refractivity contribution in [3.63, 3.8) is 0 Å². The fourth-order valence-corrected chi connectivity index (χ4v) is 4.03. The van der Waals surface area contributed by atoms with Crippen LogP contribution in [0.4, 0.5) is 0 Å². The van der Waals surface area contributed by atoms with Gasteiger partial charge in [0.05, 0.1) is 0 Å². The largest absolute Gasteiger partial charge is 0.144 e. The second-order valence-corrected chi connectivity index (χ2v) is 8.63. The van der Waals surface area contributed by atoms with Gasteiger partial charge in [0.2, 0.25) is 0 Å². The van der Waals surface area contributed by atoms with Crippen molar-refractivity contribution >= 4 is 17.4 Å². The van der Waals surface area contributed by atoms with E-state index >= 15 is 0 Å². The Morgan fingerprint density at radius 2 is 1.43 bits per heavy atom. The van der Waals surface area contributed by atoms with Gasteiger partial charge in [0, 0.05) is 4.88 Å². The molecule has 0 spiro atoms. The summed E-state index contributed by atoms with van der Waals surface area (Å²) in [5.74, 6) is 0. The number of hydrogen-bond donors (Lipinski definition) is 0. The number of thiophene rings is 1. The normalized spacial score (nSPS) is 10.9. The summed E-state index contributed by atoms with van der Waals surface area (Å²) in [6.07, 6.45) is 20.1. The first kappa shape index (κ1) is 31.1. The number of hydrogen-bond acceptors (Lipinski definition) is 1. The Kier molecular flexibility index (Phi) is 23.4. The molecule has 0 fully saturated rings. The average molecular weight is 433 g/mol. The summed E-state index contributed by atoms with van der Waals surface area (Å²) >= 11 is 1.87. The first-order chi connectivity index (χ1) is 14.6. The maximum Gasteiger partial charge on any atom is 0.0302 e. The van der Waals surface area contributed by atoms with Crippen molar-refractivity contribution in [2.45, 2.75) is 127 Å². The van der Waals surface area contributed by atoms with Gasteiger partial charge in [-0.1, -0.05) is 103 Å². The van der Waals surface area contributed by atoms with Crippen LogP contribution in [0, 0.1) is 0 Å². The highest BCUT2D eigenvalue weighted by molar-refractivity contribution is 7.11. The smallest absolute Gasteiger partial charge is 0.0302 e. The van der Waals surface area contributed by atoms with Crippen LogP contribution in [0.1, 0.15) is 131 Å². The van der Waals surface area contributed by atoms with Crippen LogP contribution >= 0.6 is 11.3 Å². The van der Waals surface area contributed by atoms with Crippen molar-refractivity contribution in [3.8, 4) is 0 Å². The van der Waals surface area contributed by atoms with Gasteiger partial charge in [-0.3, -0.25) is 0 Å². The standard InChI is InChI=1S/C25H40S.2C2H6/c1-6-8-10-12-14-23-18-19-26-25(23)17-16-22(5)20-24(21(3)4)15-13-11-9-7-2;2*1-2/h16-20H,6-15H2,1-5H3;2*1-2H3/b17-16+,22-20+;;. The quantitative estimate of drug-likeness (QED) is 0.215. The van der Waals surface area contributed by atoms with Crippen molar-refractivity contribution < 1.29 is 0 Å². The van der Waals surface area contributed by atoms with E-state index in [2.05, 4.69) is 64.3 Å². The minimum absolute atomic E-state index is 1.22. The van der Waals surface area contributed by atoms with Gasteiger partial charge in [-0.2, -0.15) is 0 Å². The van der Waals surface area contributed by atoms with E-state index in [0.29, 0.717) is 0 Å². The highest BCUT2D eigenvalue weighted by Crippen LogP contribution is 2.23. The van der Waals surface area contributed by atoms with Crippen molar-refractivity contribution in [3.05, 3.63) is 50.8 Å². The molecule has 0 bridgehead atoms. The molecule has 1 rings (SSSR count). The molecule has 1 aromatic heterocycles. The Balaban J connectivity index is 0. The number of allylic oxidation sites excluding steroid dienone is 5. The van der Waals surface area contributed by atoms with Crippen LogP contribution in [0.2, 0.25) is 0 Å². The van der Waals surface area contributed by atoms with E-state index in [0.717, 1.165) is 0 Å². The lowest BCUT2D eigenvalue weighted by Crippen LogP contribution is -1.87. The molecule has 1 heteroatoms. The minimum Gasteiger partial charge on any atom is -0.144 e. The summed E-state index contributed by atoms with van der Waals surface area (Å²) in [5, 5.41) is 2.24. The fourth-order valence-electron chi connectivity index (χ4n) is 3.18. The molecule has 1 heterocycles. The molecule has 0 radical (unpaired) electrons. The molecule has 0 unspecified atom stereocenters. The van der Waals surface area contributed by atoms with Gasteiger partial charge in [0.25, 0.3) is 0 Å². The van der Waals surface area contributed by atoms with E-state index in [1.165, 1.54) is 91.4 Å². The molecule has 30 heavy (non-hydrogen) atoms. The van der Waals surface area contributed by atoms with E-state index in [-0.39, 0.29) is 0 Å². The van der Waals surface area contributed by atoms with Gasteiger partial charge < -0.3 is 0 Å². The molecule has 174 valence electrons. The zero-order valence-corrected chi connectivity index (χ0v) is 22.7. The monoisotopic (exact) mass is 432 g/mol. The van der Waals surface area contributed by atoms with E-state index in [1.807, 2.05) is 39.0 Å². The molecule has 0 aliphatic carbocycles. The molecule has 0 saturated carbocycles. The fraction of sp³-hybridized carbons (Fsp3) is 0.655. The molecule has 0 aliphatic heterocycles. The maximum atomic E-state index is 2.40. The summed E-state index contributed by atoms with van der Waals surface area (Å²) in [6, 6.07) is 2.31. The van der Waals surface area contributed by atoms with Gasteiger partial charge in [0.15, 0.2) is 0 Å². The number of unbranched alkanes of at least 4 members (excludes halogenated alkanes) is 6. The first-order valence-electron chi connectivity index (χ1n) is 12.7. The second-order valence-electron chi connectivity index (χ2n) is 7.68. The van der Waals surface area contributed by atoms with E-state index < -0.39 is 0 Å². The summed E-state index contributed by atoms with van der Waals surface area (Å²) in [4.78, 5) is 1.44. The molecule has 1 aromatic rings. The molecule has 0 atom stereocenters. The van der Waals surface area contributed by atoms with Crippen molar-refractivity contribution in [2.24, 2.45) is 0 Å². The van der Waals surface area contributed by atoms with E-state index in [1.54, 1.807) is 0 Å². The lowest BCUT2D eigenvalue weighted by Gasteiger charge is -2.06. The predicted molar refractivity (Wildman–Crippen MR) is 145 cm³/mol. The highest BCUT2D eigenvalue weighted by Gasteiger charge is 2.02. The molecular formula is C29H52S. The average Bonchev–Trinajstić information content (AvgIpc) is 3.22. The highest BCUT2D eigenvalue weighted by atomic mass is 32.1.